The fourth-order valence-corrected chi connectivity index (χ4v) is 4.15. The lowest BCUT2D eigenvalue weighted by atomic mass is 9.62. The SMILES string of the molecule is C=C1C=C2C(C(C)CCC=C(C)C)CCC(C)C2CC1O. The van der Waals surface area contributed by atoms with E-state index in [1.54, 1.807) is 5.57 Å². The highest BCUT2D eigenvalue weighted by atomic mass is 16.3. The zero-order chi connectivity index (χ0) is 15.6. The van der Waals surface area contributed by atoms with Crippen LogP contribution >= 0.6 is 0 Å². The topological polar surface area (TPSA) is 20.2 Å². The summed E-state index contributed by atoms with van der Waals surface area (Å²) < 4.78 is 0. The minimum Gasteiger partial charge on any atom is -0.388 e. The van der Waals surface area contributed by atoms with Crippen LogP contribution in [0.15, 0.2) is 35.5 Å². The summed E-state index contributed by atoms with van der Waals surface area (Å²) in [5.41, 5.74) is 3.94. The molecule has 0 aromatic rings. The number of hydrogen-bond acceptors (Lipinski definition) is 1. The molecule has 0 bridgehead atoms. The van der Waals surface area contributed by atoms with Crippen LogP contribution in [0.4, 0.5) is 0 Å². The van der Waals surface area contributed by atoms with Crippen molar-refractivity contribution >= 4 is 0 Å². The minimum atomic E-state index is -0.319. The largest absolute Gasteiger partial charge is 0.388 e. The lowest BCUT2D eigenvalue weighted by molar-refractivity contribution is 0.131. The molecule has 0 saturated heterocycles. The summed E-state index contributed by atoms with van der Waals surface area (Å²) >= 11 is 0. The van der Waals surface area contributed by atoms with Crippen molar-refractivity contribution in [2.45, 2.75) is 65.9 Å². The Labute approximate surface area is 130 Å². The number of fused-ring (bicyclic) bond motifs is 1. The van der Waals surface area contributed by atoms with Gasteiger partial charge in [0.1, 0.15) is 0 Å². The van der Waals surface area contributed by atoms with Gasteiger partial charge in [0.25, 0.3) is 0 Å². The maximum Gasteiger partial charge on any atom is 0.0790 e. The quantitative estimate of drug-likeness (QED) is 0.698. The van der Waals surface area contributed by atoms with E-state index in [1.807, 2.05) is 0 Å². The summed E-state index contributed by atoms with van der Waals surface area (Å²) in [6.45, 7) is 13.2. The van der Waals surface area contributed by atoms with E-state index in [9.17, 15) is 5.11 Å². The molecule has 118 valence electrons. The Morgan fingerprint density at radius 2 is 2.14 bits per heavy atom. The number of rotatable bonds is 4. The molecule has 0 heterocycles. The second kappa shape index (κ2) is 6.96. The predicted octanol–water partition coefficient (Wildman–Crippen LogP) is 5.28. The molecule has 21 heavy (non-hydrogen) atoms. The molecule has 0 aliphatic heterocycles. The lowest BCUT2D eigenvalue weighted by Crippen LogP contribution is -2.35. The Morgan fingerprint density at radius 1 is 1.43 bits per heavy atom. The smallest absolute Gasteiger partial charge is 0.0790 e. The van der Waals surface area contributed by atoms with Crippen molar-refractivity contribution in [3.63, 3.8) is 0 Å². The molecular formula is C20H32O. The van der Waals surface area contributed by atoms with Crippen molar-refractivity contribution in [3.8, 4) is 0 Å². The summed E-state index contributed by atoms with van der Waals surface area (Å²) in [7, 11) is 0. The first-order chi connectivity index (χ1) is 9.90. The molecule has 2 aliphatic carbocycles. The van der Waals surface area contributed by atoms with E-state index in [-0.39, 0.29) is 6.10 Å². The molecule has 1 heteroatoms. The molecule has 0 aromatic heterocycles. The van der Waals surface area contributed by atoms with Crippen LogP contribution in [0, 0.1) is 23.7 Å². The van der Waals surface area contributed by atoms with Crippen molar-refractivity contribution in [1.82, 2.24) is 0 Å². The van der Waals surface area contributed by atoms with E-state index >= 15 is 0 Å². The van der Waals surface area contributed by atoms with Crippen molar-refractivity contribution < 1.29 is 5.11 Å². The van der Waals surface area contributed by atoms with E-state index in [0.717, 1.165) is 17.9 Å². The highest BCUT2D eigenvalue weighted by Gasteiger charge is 2.38. The van der Waals surface area contributed by atoms with E-state index in [2.05, 4.69) is 46.4 Å². The Balaban J connectivity index is 2.10. The highest BCUT2D eigenvalue weighted by molar-refractivity contribution is 5.33. The molecule has 1 N–H and O–H groups in total. The third-order valence-electron chi connectivity index (χ3n) is 5.59. The van der Waals surface area contributed by atoms with Gasteiger partial charge >= 0.3 is 0 Å². The van der Waals surface area contributed by atoms with Crippen LogP contribution in [0.2, 0.25) is 0 Å². The van der Waals surface area contributed by atoms with Gasteiger partial charge in [0.15, 0.2) is 0 Å². The van der Waals surface area contributed by atoms with Crippen molar-refractivity contribution in [3.05, 3.63) is 35.5 Å². The normalized spacial score (nSPS) is 34.0. The Hall–Kier alpha value is -0.820. The van der Waals surface area contributed by atoms with E-state index in [4.69, 9.17) is 0 Å². The fourth-order valence-electron chi connectivity index (χ4n) is 4.15. The minimum absolute atomic E-state index is 0.319. The summed E-state index contributed by atoms with van der Waals surface area (Å²) in [5.74, 6) is 2.71. The van der Waals surface area contributed by atoms with Gasteiger partial charge in [-0.05, 0) is 75.2 Å². The highest BCUT2D eigenvalue weighted by Crippen LogP contribution is 2.47. The van der Waals surface area contributed by atoms with Gasteiger partial charge in [-0.15, -0.1) is 0 Å². The first-order valence-electron chi connectivity index (χ1n) is 8.61. The van der Waals surface area contributed by atoms with Crippen molar-refractivity contribution in [2.75, 3.05) is 0 Å². The van der Waals surface area contributed by atoms with Gasteiger partial charge in [0.05, 0.1) is 6.10 Å². The van der Waals surface area contributed by atoms with Crippen LogP contribution in [0.3, 0.4) is 0 Å². The Kier molecular flexibility index (Phi) is 5.48. The second-order valence-corrected chi connectivity index (χ2v) is 7.57. The predicted molar refractivity (Wildman–Crippen MR) is 91.1 cm³/mol. The fraction of sp³-hybridized carbons (Fsp3) is 0.700. The summed E-state index contributed by atoms with van der Waals surface area (Å²) in [4.78, 5) is 0. The van der Waals surface area contributed by atoms with Crippen molar-refractivity contribution in [2.24, 2.45) is 23.7 Å². The molecule has 1 saturated carbocycles. The van der Waals surface area contributed by atoms with Crippen LogP contribution in [0.5, 0.6) is 0 Å². The molecule has 2 rings (SSSR count). The summed E-state index contributed by atoms with van der Waals surface area (Å²) in [6, 6.07) is 0. The standard InChI is InChI=1S/C20H32O/c1-13(2)7-6-8-14(3)17-10-9-15(4)18-12-20(21)16(5)11-19(17)18/h7,11,14-15,17-18,20-21H,5-6,8-10,12H2,1-4H3. The van der Waals surface area contributed by atoms with Gasteiger partial charge in [-0.3, -0.25) is 0 Å². The lowest BCUT2D eigenvalue weighted by Gasteiger charge is -2.43. The molecule has 5 atom stereocenters. The molecule has 0 radical (unpaired) electrons. The first kappa shape index (κ1) is 16.5. The van der Waals surface area contributed by atoms with Gasteiger partial charge in [0.2, 0.25) is 0 Å². The first-order valence-corrected chi connectivity index (χ1v) is 8.61. The molecular weight excluding hydrogens is 256 g/mol. The molecule has 5 unspecified atom stereocenters. The van der Waals surface area contributed by atoms with Gasteiger partial charge in [0, 0.05) is 0 Å². The van der Waals surface area contributed by atoms with Crippen LogP contribution in [0.25, 0.3) is 0 Å². The maximum absolute atomic E-state index is 10.1. The van der Waals surface area contributed by atoms with E-state index < -0.39 is 0 Å². The monoisotopic (exact) mass is 288 g/mol. The van der Waals surface area contributed by atoms with Gasteiger partial charge in [-0.1, -0.05) is 43.7 Å². The van der Waals surface area contributed by atoms with Gasteiger partial charge in [-0.2, -0.15) is 0 Å². The van der Waals surface area contributed by atoms with Gasteiger partial charge in [-0.25, -0.2) is 0 Å². The summed E-state index contributed by atoms with van der Waals surface area (Å²) in [5, 5.41) is 10.1. The van der Waals surface area contributed by atoms with Gasteiger partial charge < -0.3 is 5.11 Å². The average Bonchev–Trinajstić information content (AvgIpc) is 2.41. The maximum atomic E-state index is 10.1. The number of allylic oxidation sites excluding steroid dienone is 3. The number of hydrogen-bond donors (Lipinski definition) is 1. The molecule has 0 amide bonds. The van der Waals surface area contributed by atoms with Crippen LogP contribution < -0.4 is 0 Å². The Bertz CT molecular complexity index is 439. The van der Waals surface area contributed by atoms with E-state index in [1.165, 1.54) is 31.3 Å². The number of aliphatic hydroxyl groups excluding tert-OH is 1. The molecule has 0 aromatic carbocycles. The molecule has 2 aliphatic rings. The van der Waals surface area contributed by atoms with E-state index in [0.29, 0.717) is 17.8 Å². The van der Waals surface area contributed by atoms with Crippen LogP contribution in [0.1, 0.15) is 59.8 Å². The zero-order valence-corrected chi connectivity index (χ0v) is 14.2. The number of aliphatic hydroxyl groups is 1. The molecule has 1 nitrogen and oxygen atoms in total. The Morgan fingerprint density at radius 3 is 2.81 bits per heavy atom. The third kappa shape index (κ3) is 3.88. The second-order valence-electron chi connectivity index (χ2n) is 7.57. The van der Waals surface area contributed by atoms with Crippen LogP contribution in [-0.4, -0.2) is 11.2 Å². The third-order valence-corrected chi connectivity index (χ3v) is 5.59. The summed E-state index contributed by atoms with van der Waals surface area (Å²) in [6.07, 6.45) is 10.2. The van der Waals surface area contributed by atoms with Crippen LogP contribution in [-0.2, 0) is 0 Å². The average molecular weight is 288 g/mol. The zero-order valence-electron chi connectivity index (χ0n) is 14.2. The van der Waals surface area contributed by atoms with Crippen molar-refractivity contribution in [1.29, 1.82) is 0 Å². The molecule has 0 spiro atoms. The molecule has 1 fully saturated rings.